The Morgan fingerprint density at radius 1 is 1.37 bits per heavy atom. The molecule has 7 heteroatoms. The van der Waals surface area contributed by atoms with E-state index in [1.165, 1.54) is 5.56 Å². The average molecular weight is 305 g/mol. The molecule has 0 aliphatic heterocycles. The number of nitrogens with one attached hydrogen (secondary N) is 1. The van der Waals surface area contributed by atoms with E-state index >= 15 is 0 Å². The second-order valence-electron chi connectivity index (χ2n) is 3.95. The molecule has 0 saturated heterocycles. The summed E-state index contributed by atoms with van der Waals surface area (Å²) in [6.45, 7) is 1.37. The minimum absolute atomic E-state index is 0.345. The van der Waals surface area contributed by atoms with Gasteiger partial charge in [0.25, 0.3) is 0 Å². The molecule has 0 aromatic heterocycles. The van der Waals surface area contributed by atoms with Crippen LogP contribution in [-0.2, 0) is 15.6 Å². The standard InChI is InChI=1S/C12H19NO4S2/c1-17-12-6-2-4-11(10-12)5-3-7-13-8-9-18-19(14,15)16/h2,4,6,10,13H,3,5,7-9H2,1H3,(H,14,15,16). The Kier molecular flexibility index (Phi) is 7.22. The molecule has 0 spiro atoms. The van der Waals surface area contributed by atoms with Crippen molar-refractivity contribution in [2.24, 2.45) is 0 Å². The lowest BCUT2D eigenvalue weighted by Gasteiger charge is -2.05. The Bertz CT molecular complexity index is 476. The topological polar surface area (TPSA) is 75.6 Å². The van der Waals surface area contributed by atoms with Gasteiger partial charge in [0.15, 0.2) is 0 Å². The van der Waals surface area contributed by atoms with Crippen LogP contribution in [0.4, 0.5) is 0 Å². The van der Waals surface area contributed by atoms with Gasteiger partial charge in [-0.05, 0) is 47.9 Å². The highest BCUT2D eigenvalue weighted by Gasteiger charge is 2.03. The van der Waals surface area contributed by atoms with Crippen molar-refractivity contribution in [3.05, 3.63) is 29.8 Å². The SMILES string of the molecule is COc1cccc(CCCNCCSS(=O)(=O)O)c1. The van der Waals surface area contributed by atoms with E-state index in [0.717, 1.165) is 25.1 Å². The molecule has 0 fully saturated rings. The van der Waals surface area contributed by atoms with Gasteiger partial charge in [0.05, 0.1) is 7.11 Å². The second kappa shape index (κ2) is 8.42. The summed E-state index contributed by atoms with van der Waals surface area (Å²) < 4.78 is 34.5. The van der Waals surface area contributed by atoms with E-state index < -0.39 is 9.15 Å². The highest BCUT2D eigenvalue weighted by atomic mass is 33.1. The van der Waals surface area contributed by atoms with Gasteiger partial charge in [-0.2, -0.15) is 8.42 Å². The third-order valence-corrected chi connectivity index (χ3v) is 4.53. The molecule has 0 amide bonds. The van der Waals surface area contributed by atoms with Gasteiger partial charge in [-0.1, -0.05) is 12.1 Å². The molecular weight excluding hydrogens is 286 g/mol. The summed E-state index contributed by atoms with van der Waals surface area (Å²) in [5.74, 6) is 1.20. The summed E-state index contributed by atoms with van der Waals surface area (Å²) in [5, 5.41) is 3.13. The zero-order valence-electron chi connectivity index (χ0n) is 10.8. The Hall–Kier alpha value is -0.760. The zero-order valence-corrected chi connectivity index (χ0v) is 12.5. The van der Waals surface area contributed by atoms with Gasteiger partial charge in [-0.3, -0.25) is 4.55 Å². The van der Waals surface area contributed by atoms with Crippen LogP contribution in [0.25, 0.3) is 0 Å². The van der Waals surface area contributed by atoms with E-state index in [2.05, 4.69) is 11.4 Å². The lowest BCUT2D eigenvalue weighted by molar-refractivity contribution is 0.414. The first-order chi connectivity index (χ1) is 9.01. The fourth-order valence-electron chi connectivity index (χ4n) is 1.59. The predicted molar refractivity (Wildman–Crippen MR) is 78.2 cm³/mol. The maximum atomic E-state index is 10.4. The molecule has 0 saturated carbocycles. The van der Waals surface area contributed by atoms with Crippen molar-refractivity contribution in [2.45, 2.75) is 12.8 Å². The van der Waals surface area contributed by atoms with Crippen molar-refractivity contribution >= 4 is 19.9 Å². The first kappa shape index (κ1) is 16.3. The quantitative estimate of drug-likeness (QED) is 0.411. The molecule has 2 N–H and O–H groups in total. The predicted octanol–water partition coefficient (Wildman–Crippen LogP) is 1.75. The van der Waals surface area contributed by atoms with E-state index in [4.69, 9.17) is 9.29 Å². The van der Waals surface area contributed by atoms with Crippen molar-refractivity contribution in [3.63, 3.8) is 0 Å². The van der Waals surface area contributed by atoms with Crippen LogP contribution in [0, 0.1) is 0 Å². The highest BCUT2D eigenvalue weighted by Crippen LogP contribution is 2.13. The third kappa shape index (κ3) is 8.10. The van der Waals surface area contributed by atoms with Crippen LogP contribution < -0.4 is 10.1 Å². The Morgan fingerprint density at radius 3 is 2.84 bits per heavy atom. The fraction of sp³-hybridized carbons (Fsp3) is 0.500. The Labute approximate surface area is 117 Å². The van der Waals surface area contributed by atoms with E-state index in [-0.39, 0.29) is 0 Å². The summed E-state index contributed by atoms with van der Waals surface area (Å²) in [6.07, 6.45) is 1.90. The molecule has 0 atom stereocenters. The largest absolute Gasteiger partial charge is 0.497 e. The lowest BCUT2D eigenvalue weighted by Crippen LogP contribution is -2.19. The molecule has 0 aliphatic carbocycles. The molecule has 0 unspecified atom stereocenters. The molecular formula is C12H19NO4S2. The van der Waals surface area contributed by atoms with Gasteiger partial charge in [-0.15, -0.1) is 0 Å². The van der Waals surface area contributed by atoms with Gasteiger partial charge < -0.3 is 10.1 Å². The van der Waals surface area contributed by atoms with Gasteiger partial charge in [-0.25, -0.2) is 0 Å². The minimum atomic E-state index is -3.90. The maximum absolute atomic E-state index is 10.4. The number of ether oxygens (including phenoxy) is 1. The number of aryl methyl sites for hydroxylation is 1. The molecule has 1 rings (SSSR count). The summed E-state index contributed by atoms with van der Waals surface area (Å²) in [5.41, 5.74) is 1.22. The van der Waals surface area contributed by atoms with Crippen molar-refractivity contribution in [1.29, 1.82) is 0 Å². The van der Waals surface area contributed by atoms with Crippen molar-refractivity contribution < 1.29 is 17.7 Å². The summed E-state index contributed by atoms with van der Waals surface area (Å²) >= 11 is 0. The van der Waals surface area contributed by atoms with Crippen molar-refractivity contribution in [1.82, 2.24) is 5.32 Å². The van der Waals surface area contributed by atoms with Crippen LogP contribution in [0.15, 0.2) is 24.3 Å². The highest BCUT2D eigenvalue weighted by molar-refractivity contribution is 8.69. The molecule has 0 radical (unpaired) electrons. The molecule has 0 aliphatic rings. The van der Waals surface area contributed by atoms with Crippen molar-refractivity contribution in [2.75, 3.05) is 26.0 Å². The van der Waals surface area contributed by atoms with Crippen LogP contribution in [0.2, 0.25) is 0 Å². The number of rotatable bonds is 9. The van der Waals surface area contributed by atoms with E-state index in [0.29, 0.717) is 23.1 Å². The molecule has 1 aromatic rings. The molecule has 1 aromatic carbocycles. The number of methoxy groups -OCH3 is 1. The molecule has 108 valence electrons. The van der Waals surface area contributed by atoms with Crippen LogP contribution in [0.1, 0.15) is 12.0 Å². The maximum Gasteiger partial charge on any atom is 0.319 e. The van der Waals surface area contributed by atoms with Gasteiger partial charge in [0.1, 0.15) is 5.75 Å². The number of hydrogen-bond acceptors (Lipinski definition) is 5. The van der Waals surface area contributed by atoms with E-state index in [1.807, 2.05) is 18.2 Å². The normalized spacial score (nSPS) is 11.5. The van der Waals surface area contributed by atoms with Crippen LogP contribution in [0.5, 0.6) is 5.75 Å². The molecule has 0 bridgehead atoms. The first-order valence-electron chi connectivity index (χ1n) is 5.97. The summed E-state index contributed by atoms with van der Waals surface area (Å²) in [7, 11) is -1.72. The van der Waals surface area contributed by atoms with E-state index in [1.54, 1.807) is 7.11 Å². The van der Waals surface area contributed by atoms with Gasteiger partial charge >= 0.3 is 9.15 Å². The summed E-state index contributed by atoms with van der Waals surface area (Å²) in [4.78, 5) is 0. The molecule has 5 nitrogen and oxygen atoms in total. The third-order valence-electron chi connectivity index (χ3n) is 2.46. The number of benzene rings is 1. The van der Waals surface area contributed by atoms with Crippen LogP contribution in [-0.4, -0.2) is 38.9 Å². The minimum Gasteiger partial charge on any atom is -0.497 e. The van der Waals surface area contributed by atoms with Gasteiger partial charge in [0.2, 0.25) is 0 Å². The smallest absolute Gasteiger partial charge is 0.319 e. The average Bonchev–Trinajstić information content (AvgIpc) is 2.36. The zero-order chi connectivity index (χ0) is 14.1. The fourth-order valence-corrected chi connectivity index (χ4v) is 2.91. The Balaban J connectivity index is 2.10. The second-order valence-corrected chi connectivity index (χ2v) is 7.43. The van der Waals surface area contributed by atoms with Crippen LogP contribution in [0.3, 0.4) is 0 Å². The summed E-state index contributed by atoms with van der Waals surface area (Å²) in [6, 6.07) is 7.93. The van der Waals surface area contributed by atoms with Crippen LogP contribution >= 0.6 is 10.8 Å². The number of hydrogen-bond donors (Lipinski definition) is 2. The molecule has 19 heavy (non-hydrogen) atoms. The Morgan fingerprint density at radius 2 is 2.16 bits per heavy atom. The molecule has 0 heterocycles. The monoisotopic (exact) mass is 305 g/mol. The van der Waals surface area contributed by atoms with Gasteiger partial charge in [0, 0.05) is 12.3 Å². The van der Waals surface area contributed by atoms with Crippen molar-refractivity contribution in [3.8, 4) is 5.75 Å². The van der Waals surface area contributed by atoms with E-state index in [9.17, 15) is 8.42 Å². The lowest BCUT2D eigenvalue weighted by atomic mass is 10.1. The first-order valence-corrected chi connectivity index (χ1v) is 8.91.